The lowest BCUT2D eigenvalue weighted by Crippen LogP contribution is -2.58. The van der Waals surface area contributed by atoms with Crippen molar-refractivity contribution in [3.8, 4) is 0 Å². The third kappa shape index (κ3) is 3.57. The van der Waals surface area contributed by atoms with Crippen LogP contribution in [-0.4, -0.2) is 48.1 Å². The molecule has 0 N–H and O–H groups in total. The molecule has 2 aliphatic heterocycles. The molecule has 2 saturated heterocycles. The van der Waals surface area contributed by atoms with E-state index in [2.05, 4.69) is 23.6 Å². The van der Waals surface area contributed by atoms with Gasteiger partial charge in [0.2, 0.25) is 0 Å². The Morgan fingerprint density at radius 2 is 1.70 bits per heavy atom. The summed E-state index contributed by atoms with van der Waals surface area (Å²) in [5.74, 6) is 2.03. The fourth-order valence-corrected chi connectivity index (χ4v) is 4.69. The summed E-state index contributed by atoms with van der Waals surface area (Å²) in [5, 5.41) is 0. The number of piperidine rings is 1. The van der Waals surface area contributed by atoms with E-state index in [1.54, 1.807) is 0 Å². The Kier molecular flexibility index (Phi) is 5.04. The van der Waals surface area contributed by atoms with Crippen molar-refractivity contribution in [1.29, 1.82) is 0 Å². The van der Waals surface area contributed by atoms with Crippen molar-refractivity contribution in [3.63, 3.8) is 0 Å². The number of hydrogen-bond acceptors (Lipinski definition) is 2. The van der Waals surface area contributed by atoms with Gasteiger partial charge in [-0.2, -0.15) is 0 Å². The SMILES string of the molecule is CC1CCC(CCN2CC3CCCCN3CC2C)CC1. The molecule has 0 aromatic rings. The summed E-state index contributed by atoms with van der Waals surface area (Å²) in [6.45, 7) is 10.3. The summed E-state index contributed by atoms with van der Waals surface area (Å²) >= 11 is 0. The Hall–Kier alpha value is -0.0800. The Morgan fingerprint density at radius 1 is 0.900 bits per heavy atom. The first-order chi connectivity index (χ1) is 9.72. The Balaban J connectivity index is 1.45. The zero-order valence-corrected chi connectivity index (χ0v) is 13.7. The summed E-state index contributed by atoms with van der Waals surface area (Å²) < 4.78 is 0. The van der Waals surface area contributed by atoms with Crippen molar-refractivity contribution in [3.05, 3.63) is 0 Å². The number of nitrogens with zero attached hydrogens (tertiary/aromatic N) is 2. The van der Waals surface area contributed by atoms with Crippen LogP contribution in [0.3, 0.4) is 0 Å². The van der Waals surface area contributed by atoms with Gasteiger partial charge in [0.25, 0.3) is 0 Å². The van der Waals surface area contributed by atoms with Gasteiger partial charge in [-0.25, -0.2) is 0 Å². The molecule has 3 fully saturated rings. The molecule has 2 heterocycles. The molecule has 0 spiro atoms. The molecular weight excluding hydrogens is 244 g/mol. The van der Waals surface area contributed by atoms with Crippen molar-refractivity contribution < 1.29 is 0 Å². The van der Waals surface area contributed by atoms with Crippen molar-refractivity contribution >= 4 is 0 Å². The molecule has 0 amide bonds. The van der Waals surface area contributed by atoms with Crippen molar-refractivity contribution in [1.82, 2.24) is 9.80 Å². The number of hydrogen-bond donors (Lipinski definition) is 0. The summed E-state index contributed by atoms with van der Waals surface area (Å²) in [6.07, 6.45) is 11.8. The van der Waals surface area contributed by atoms with Crippen LogP contribution in [-0.2, 0) is 0 Å². The first-order valence-corrected chi connectivity index (χ1v) is 9.20. The molecule has 2 unspecified atom stereocenters. The van der Waals surface area contributed by atoms with Crippen LogP contribution in [0.2, 0.25) is 0 Å². The summed E-state index contributed by atoms with van der Waals surface area (Å²) in [7, 11) is 0. The lowest BCUT2D eigenvalue weighted by molar-refractivity contribution is 0.0117. The highest BCUT2D eigenvalue weighted by Gasteiger charge is 2.32. The summed E-state index contributed by atoms with van der Waals surface area (Å²) in [5.41, 5.74) is 0. The van der Waals surface area contributed by atoms with Crippen LogP contribution < -0.4 is 0 Å². The lowest BCUT2D eigenvalue weighted by atomic mass is 9.81. The highest BCUT2D eigenvalue weighted by Crippen LogP contribution is 2.31. The van der Waals surface area contributed by atoms with E-state index in [4.69, 9.17) is 0 Å². The largest absolute Gasteiger partial charge is 0.298 e. The van der Waals surface area contributed by atoms with Gasteiger partial charge in [0, 0.05) is 25.2 Å². The predicted octanol–water partition coefficient (Wildman–Crippen LogP) is 3.76. The second-order valence-electron chi connectivity index (χ2n) is 7.90. The molecule has 20 heavy (non-hydrogen) atoms. The summed E-state index contributed by atoms with van der Waals surface area (Å²) in [6, 6.07) is 1.66. The minimum Gasteiger partial charge on any atom is -0.298 e. The molecule has 0 aromatic heterocycles. The lowest BCUT2D eigenvalue weighted by Gasteiger charge is -2.48. The van der Waals surface area contributed by atoms with Gasteiger partial charge in [-0.3, -0.25) is 9.80 Å². The molecule has 2 heteroatoms. The van der Waals surface area contributed by atoms with Gasteiger partial charge in [0.1, 0.15) is 0 Å². The minimum absolute atomic E-state index is 0.784. The first kappa shape index (κ1) is 14.8. The quantitative estimate of drug-likeness (QED) is 0.775. The topological polar surface area (TPSA) is 6.48 Å². The van der Waals surface area contributed by atoms with E-state index in [9.17, 15) is 0 Å². The standard InChI is InChI=1S/C18H34N2/c1-15-6-8-17(9-7-15)10-12-19-14-18-5-3-4-11-20(18)13-16(19)2/h15-18H,3-14H2,1-2H3. The fraction of sp³-hybridized carbons (Fsp3) is 1.00. The number of fused-ring (bicyclic) bond motifs is 1. The molecular formula is C18H34N2. The van der Waals surface area contributed by atoms with Gasteiger partial charge in [-0.1, -0.05) is 39.0 Å². The first-order valence-electron chi connectivity index (χ1n) is 9.20. The molecule has 3 rings (SSSR count). The van der Waals surface area contributed by atoms with Crippen molar-refractivity contribution in [2.45, 2.75) is 77.3 Å². The zero-order valence-electron chi connectivity index (χ0n) is 13.7. The second kappa shape index (κ2) is 6.79. The molecule has 2 nitrogen and oxygen atoms in total. The van der Waals surface area contributed by atoms with Gasteiger partial charge < -0.3 is 0 Å². The maximum absolute atomic E-state index is 2.81. The zero-order chi connectivity index (χ0) is 13.9. The molecule has 0 bridgehead atoms. The van der Waals surface area contributed by atoms with E-state index in [0.29, 0.717) is 0 Å². The van der Waals surface area contributed by atoms with Gasteiger partial charge in [-0.15, -0.1) is 0 Å². The van der Waals surface area contributed by atoms with Gasteiger partial charge >= 0.3 is 0 Å². The van der Waals surface area contributed by atoms with Gasteiger partial charge in [-0.05, 0) is 51.1 Å². The smallest absolute Gasteiger partial charge is 0.0223 e. The minimum atomic E-state index is 0.784. The third-order valence-corrected chi connectivity index (χ3v) is 6.28. The number of rotatable bonds is 3. The highest BCUT2D eigenvalue weighted by atomic mass is 15.3. The van der Waals surface area contributed by atoms with Gasteiger partial charge in [0.15, 0.2) is 0 Å². The second-order valence-corrected chi connectivity index (χ2v) is 7.90. The fourth-order valence-electron chi connectivity index (χ4n) is 4.69. The van der Waals surface area contributed by atoms with E-state index >= 15 is 0 Å². The Bertz CT molecular complexity index is 296. The van der Waals surface area contributed by atoms with Crippen LogP contribution >= 0.6 is 0 Å². The third-order valence-electron chi connectivity index (χ3n) is 6.28. The highest BCUT2D eigenvalue weighted by molar-refractivity contribution is 4.89. The average molecular weight is 278 g/mol. The molecule has 2 atom stereocenters. The van der Waals surface area contributed by atoms with Crippen molar-refractivity contribution in [2.75, 3.05) is 26.2 Å². The average Bonchev–Trinajstić information content (AvgIpc) is 2.47. The van der Waals surface area contributed by atoms with Crippen LogP contribution in [0.25, 0.3) is 0 Å². The molecule has 1 saturated carbocycles. The van der Waals surface area contributed by atoms with E-state index in [-0.39, 0.29) is 0 Å². The van der Waals surface area contributed by atoms with E-state index < -0.39 is 0 Å². The van der Waals surface area contributed by atoms with Crippen LogP contribution in [0.5, 0.6) is 0 Å². The predicted molar refractivity (Wildman–Crippen MR) is 86.0 cm³/mol. The Morgan fingerprint density at radius 3 is 2.50 bits per heavy atom. The Labute approximate surface area is 125 Å². The van der Waals surface area contributed by atoms with Crippen LogP contribution in [0.4, 0.5) is 0 Å². The molecule has 0 aromatic carbocycles. The summed E-state index contributed by atoms with van der Waals surface area (Å²) in [4.78, 5) is 5.58. The van der Waals surface area contributed by atoms with E-state index in [0.717, 1.165) is 23.9 Å². The molecule has 3 aliphatic rings. The van der Waals surface area contributed by atoms with E-state index in [1.807, 2.05) is 0 Å². The van der Waals surface area contributed by atoms with Crippen molar-refractivity contribution in [2.24, 2.45) is 11.8 Å². The maximum Gasteiger partial charge on any atom is 0.0223 e. The van der Waals surface area contributed by atoms with Crippen LogP contribution in [0.1, 0.15) is 65.2 Å². The normalized spacial score (nSPS) is 40.5. The monoisotopic (exact) mass is 278 g/mol. The molecule has 1 aliphatic carbocycles. The molecule has 0 radical (unpaired) electrons. The molecule has 116 valence electrons. The van der Waals surface area contributed by atoms with Gasteiger partial charge in [0.05, 0.1) is 0 Å². The maximum atomic E-state index is 2.81. The van der Waals surface area contributed by atoms with Crippen LogP contribution in [0, 0.1) is 11.8 Å². The number of piperazine rings is 1. The van der Waals surface area contributed by atoms with Crippen LogP contribution in [0.15, 0.2) is 0 Å². The van der Waals surface area contributed by atoms with E-state index in [1.165, 1.54) is 77.5 Å².